The van der Waals surface area contributed by atoms with Crippen LogP contribution in [0.3, 0.4) is 0 Å². The lowest BCUT2D eigenvalue weighted by Gasteiger charge is -2.20. The lowest BCUT2D eigenvalue weighted by Crippen LogP contribution is -2.10. The molecule has 0 radical (unpaired) electrons. The quantitative estimate of drug-likeness (QED) is 0.784. The standard InChI is InChI=1S/C14H11FN2/c1-17(13-8-6-12(15)7-9-13)14-5-3-2-4-11(14)10-16/h2-9H,1H3. The predicted octanol–water partition coefficient (Wildman–Crippen LogP) is 3.47. The van der Waals surface area contributed by atoms with Crippen molar-refractivity contribution in [2.75, 3.05) is 11.9 Å². The first-order chi connectivity index (χ1) is 8.22. The van der Waals surface area contributed by atoms with Crippen LogP contribution in [0.25, 0.3) is 0 Å². The van der Waals surface area contributed by atoms with E-state index in [1.54, 1.807) is 18.2 Å². The Morgan fingerprint density at radius 3 is 2.35 bits per heavy atom. The molecule has 84 valence electrons. The van der Waals surface area contributed by atoms with Gasteiger partial charge in [0.2, 0.25) is 0 Å². The molecule has 0 spiro atoms. The van der Waals surface area contributed by atoms with Crippen molar-refractivity contribution in [2.24, 2.45) is 0 Å². The zero-order chi connectivity index (χ0) is 12.3. The SMILES string of the molecule is CN(c1ccc(F)cc1)c1ccccc1C#N. The van der Waals surface area contributed by atoms with Crippen molar-refractivity contribution in [2.45, 2.75) is 0 Å². The number of hydrogen-bond acceptors (Lipinski definition) is 2. The third kappa shape index (κ3) is 2.26. The summed E-state index contributed by atoms with van der Waals surface area (Å²) in [5.74, 6) is -0.268. The summed E-state index contributed by atoms with van der Waals surface area (Å²) in [6.45, 7) is 0. The van der Waals surface area contributed by atoms with E-state index in [0.717, 1.165) is 11.4 Å². The van der Waals surface area contributed by atoms with Crippen molar-refractivity contribution >= 4 is 11.4 Å². The molecule has 2 rings (SSSR count). The largest absolute Gasteiger partial charge is 0.344 e. The van der Waals surface area contributed by atoms with E-state index in [1.807, 2.05) is 30.1 Å². The number of anilines is 2. The van der Waals surface area contributed by atoms with Gasteiger partial charge in [0.1, 0.15) is 11.9 Å². The van der Waals surface area contributed by atoms with E-state index < -0.39 is 0 Å². The number of rotatable bonds is 2. The molecule has 0 saturated carbocycles. The number of benzene rings is 2. The van der Waals surface area contributed by atoms with Crippen LogP contribution < -0.4 is 4.90 Å². The van der Waals surface area contributed by atoms with Crippen LogP contribution in [0, 0.1) is 17.1 Å². The minimum atomic E-state index is -0.268. The highest BCUT2D eigenvalue weighted by Crippen LogP contribution is 2.26. The van der Waals surface area contributed by atoms with Gasteiger partial charge in [0.25, 0.3) is 0 Å². The Labute approximate surface area is 99.5 Å². The van der Waals surface area contributed by atoms with E-state index >= 15 is 0 Å². The molecule has 2 aromatic rings. The van der Waals surface area contributed by atoms with Crippen LogP contribution in [0.2, 0.25) is 0 Å². The first-order valence-corrected chi connectivity index (χ1v) is 5.21. The summed E-state index contributed by atoms with van der Waals surface area (Å²) in [5, 5.41) is 9.02. The average Bonchev–Trinajstić information content (AvgIpc) is 2.39. The lowest BCUT2D eigenvalue weighted by molar-refractivity contribution is 0.628. The van der Waals surface area contributed by atoms with Gasteiger partial charge < -0.3 is 4.90 Å². The number of para-hydroxylation sites is 1. The van der Waals surface area contributed by atoms with Crippen LogP contribution in [0.4, 0.5) is 15.8 Å². The fourth-order valence-electron chi connectivity index (χ4n) is 1.66. The number of hydrogen-bond donors (Lipinski definition) is 0. The number of halogens is 1. The third-order valence-corrected chi connectivity index (χ3v) is 2.60. The summed E-state index contributed by atoms with van der Waals surface area (Å²) >= 11 is 0. The van der Waals surface area contributed by atoms with Gasteiger partial charge in [0.05, 0.1) is 11.3 Å². The monoisotopic (exact) mass is 226 g/mol. The maximum absolute atomic E-state index is 12.8. The van der Waals surface area contributed by atoms with Crippen molar-refractivity contribution < 1.29 is 4.39 Å². The summed E-state index contributed by atoms with van der Waals surface area (Å²) in [7, 11) is 1.85. The highest BCUT2D eigenvalue weighted by molar-refractivity contribution is 5.68. The molecule has 0 fully saturated rings. The average molecular weight is 226 g/mol. The van der Waals surface area contributed by atoms with Crippen molar-refractivity contribution in [1.29, 1.82) is 5.26 Å². The number of nitrogens with zero attached hydrogens (tertiary/aromatic N) is 2. The summed E-state index contributed by atoms with van der Waals surface area (Å²) in [5.41, 5.74) is 2.25. The van der Waals surface area contributed by atoms with Gasteiger partial charge in [0.15, 0.2) is 0 Å². The van der Waals surface area contributed by atoms with Crippen LogP contribution in [0.5, 0.6) is 0 Å². The second kappa shape index (κ2) is 4.67. The van der Waals surface area contributed by atoms with Crippen LogP contribution in [-0.2, 0) is 0 Å². The highest BCUT2D eigenvalue weighted by Gasteiger charge is 2.08. The normalized spacial score (nSPS) is 9.71. The highest BCUT2D eigenvalue weighted by atomic mass is 19.1. The van der Waals surface area contributed by atoms with E-state index in [4.69, 9.17) is 5.26 Å². The van der Waals surface area contributed by atoms with Gasteiger partial charge in [-0.25, -0.2) is 4.39 Å². The Morgan fingerprint density at radius 1 is 1.06 bits per heavy atom. The van der Waals surface area contributed by atoms with Gasteiger partial charge >= 0.3 is 0 Å². The summed E-state index contributed by atoms with van der Waals surface area (Å²) in [4.78, 5) is 1.86. The molecule has 2 aromatic carbocycles. The van der Waals surface area contributed by atoms with Gasteiger partial charge in [-0.1, -0.05) is 12.1 Å². The molecule has 0 unspecified atom stereocenters. The van der Waals surface area contributed by atoms with E-state index in [2.05, 4.69) is 6.07 Å². The molecular weight excluding hydrogens is 215 g/mol. The second-order valence-corrected chi connectivity index (χ2v) is 3.66. The number of nitriles is 1. The van der Waals surface area contributed by atoms with Crippen molar-refractivity contribution in [1.82, 2.24) is 0 Å². The Morgan fingerprint density at radius 2 is 1.71 bits per heavy atom. The van der Waals surface area contributed by atoms with Crippen molar-refractivity contribution in [3.63, 3.8) is 0 Å². The maximum atomic E-state index is 12.8. The fraction of sp³-hybridized carbons (Fsp3) is 0.0714. The lowest BCUT2D eigenvalue weighted by atomic mass is 10.1. The zero-order valence-electron chi connectivity index (χ0n) is 9.39. The second-order valence-electron chi connectivity index (χ2n) is 3.66. The molecule has 0 heterocycles. The molecule has 0 aliphatic carbocycles. The molecular formula is C14H11FN2. The summed E-state index contributed by atoms with van der Waals surface area (Å²) in [6, 6.07) is 15.6. The molecule has 0 saturated heterocycles. The smallest absolute Gasteiger partial charge is 0.123 e. The Hall–Kier alpha value is -2.34. The molecule has 0 aliphatic rings. The molecule has 3 heteroatoms. The van der Waals surface area contributed by atoms with Crippen LogP contribution in [0.15, 0.2) is 48.5 Å². The van der Waals surface area contributed by atoms with E-state index in [0.29, 0.717) is 5.56 Å². The van der Waals surface area contributed by atoms with E-state index in [9.17, 15) is 4.39 Å². The Bertz CT molecular complexity index is 555. The van der Waals surface area contributed by atoms with Crippen molar-refractivity contribution in [3.8, 4) is 6.07 Å². The van der Waals surface area contributed by atoms with Crippen LogP contribution in [0.1, 0.15) is 5.56 Å². The molecule has 0 amide bonds. The maximum Gasteiger partial charge on any atom is 0.123 e. The fourth-order valence-corrected chi connectivity index (χ4v) is 1.66. The van der Waals surface area contributed by atoms with Gasteiger partial charge in [-0.3, -0.25) is 0 Å². The molecule has 0 atom stereocenters. The first-order valence-electron chi connectivity index (χ1n) is 5.21. The van der Waals surface area contributed by atoms with Crippen LogP contribution >= 0.6 is 0 Å². The predicted molar refractivity (Wildman–Crippen MR) is 65.6 cm³/mol. The minimum Gasteiger partial charge on any atom is -0.344 e. The van der Waals surface area contributed by atoms with Crippen LogP contribution in [-0.4, -0.2) is 7.05 Å². The molecule has 0 N–H and O–H groups in total. The van der Waals surface area contributed by atoms with E-state index in [-0.39, 0.29) is 5.82 Å². The molecule has 2 nitrogen and oxygen atoms in total. The van der Waals surface area contributed by atoms with E-state index in [1.165, 1.54) is 12.1 Å². The molecule has 0 bridgehead atoms. The van der Waals surface area contributed by atoms with Gasteiger partial charge in [-0.2, -0.15) is 5.26 Å². The van der Waals surface area contributed by atoms with Crippen molar-refractivity contribution in [3.05, 3.63) is 59.9 Å². The molecule has 0 aliphatic heterocycles. The summed E-state index contributed by atoms with van der Waals surface area (Å²) < 4.78 is 12.8. The zero-order valence-corrected chi connectivity index (χ0v) is 9.39. The third-order valence-electron chi connectivity index (χ3n) is 2.60. The Kier molecular flexibility index (Phi) is 3.06. The topological polar surface area (TPSA) is 27.0 Å². The molecule has 0 aromatic heterocycles. The van der Waals surface area contributed by atoms with Gasteiger partial charge in [-0.15, -0.1) is 0 Å². The summed E-state index contributed by atoms with van der Waals surface area (Å²) in [6.07, 6.45) is 0. The van der Waals surface area contributed by atoms with Gasteiger partial charge in [0, 0.05) is 12.7 Å². The molecule has 17 heavy (non-hydrogen) atoms. The Balaban J connectivity index is 2.40. The first kappa shape index (κ1) is 11.2. The minimum absolute atomic E-state index is 0.268. The van der Waals surface area contributed by atoms with Gasteiger partial charge in [-0.05, 0) is 36.4 Å².